The van der Waals surface area contributed by atoms with Crippen molar-refractivity contribution in [3.05, 3.63) is 23.8 Å². The van der Waals surface area contributed by atoms with Crippen molar-refractivity contribution >= 4 is 35.8 Å². The van der Waals surface area contributed by atoms with Gasteiger partial charge in [0.1, 0.15) is 0 Å². The van der Waals surface area contributed by atoms with Crippen LogP contribution in [0.4, 0.5) is 5.69 Å². The number of anilines is 1. The third kappa shape index (κ3) is 6.63. The first-order valence-electron chi connectivity index (χ1n) is 8.42. The molecule has 24 heavy (non-hydrogen) atoms. The van der Waals surface area contributed by atoms with Crippen LogP contribution in [0.15, 0.2) is 23.1 Å². The zero-order valence-corrected chi connectivity index (χ0v) is 16.2. The van der Waals surface area contributed by atoms with E-state index in [0.717, 1.165) is 16.5 Å². The van der Waals surface area contributed by atoms with Crippen molar-refractivity contribution in [1.29, 1.82) is 0 Å². The third-order valence-corrected chi connectivity index (χ3v) is 5.67. The number of halogens is 1. The highest BCUT2D eigenvalue weighted by molar-refractivity contribution is 8.00. The van der Waals surface area contributed by atoms with Crippen molar-refractivity contribution in [3.8, 4) is 0 Å². The number of nitrogens with two attached hydrogens (primary N) is 1. The molecule has 0 bridgehead atoms. The van der Waals surface area contributed by atoms with Crippen molar-refractivity contribution in [3.63, 3.8) is 0 Å². The molecule has 6 heteroatoms. The van der Waals surface area contributed by atoms with Crippen LogP contribution in [0.3, 0.4) is 0 Å². The summed E-state index contributed by atoms with van der Waals surface area (Å²) in [5, 5.41) is 3.70. The van der Waals surface area contributed by atoms with Crippen molar-refractivity contribution in [2.24, 2.45) is 5.73 Å². The molecule has 1 atom stereocenters. The molecule has 0 heterocycles. The second-order valence-electron chi connectivity index (χ2n) is 6.20. The van der Waals surface area contributed by atoms with Crippen LogP contribution >= 0.6 is 24.2 Å². The van der Waals surface area contributed by atoms with Gasteiger partial charge in [0.15, 0.2) is 0 Å². The second-order valence-corrected chi connectivity index (χ2v) is 7.57. The Kier molecular flexibility index (Phi) is 9.74. The van der Waals surface area contributed by atoms with E-state index in [-0.39, 0.29) is 30.8 Å². The number of thioether (sulfide) groups is 1. The van der Waals surface area contributed by atoms with Crippen LogP contribution < -0.4 is 11.1 Å². The fourth-order valence-electron chi connectivity index (χ4n) is 2.90. The molecule has 1 aromatic rings. The summed E-state index contributed by atoms with van der Waals surface area (Å²) in [5.41, 5.74) is 7.52. The standard InChI is InChI=1S/C18H28N2O2S.ClH/c1-13-10-16(23-15-6-4-3-5-7-15)8-9-17(13)20-18(21)11-14(12-19)22-2;/h8-10,14-15H,3-7,11-12,19H2,1-2H3,(H,20,21);1H. The minimum atomic E-state index is -0.226. The molecule has 2 rings (SSSR count). The first-order chi connectivity index (χ1) is 11.1. The van der Waals surface area contributed by atoms with Gasteiger partial charge in [0.05, 0.1) is 12.5 Å². The number of hydrogen-bond acceptors (Lipinski definition) is 4. The van der Waals surface area contributed by atoms with Crippen molar-refractivity contribution < 1.29 is 9.53 Å². The van der Waals surface area contributed by atoms with E-state index in [0.29, 0.717) is 6.54 Å². The van der Waals surface area contributed by atoms with E-state index in [2.05, 4.69) is 17.4 Å². The first kappa shape index (κ1) is 21.3. The van der Waals surface area contributed by atoms with E-state index in [9.17, 15) is 4.79 Å². The maximum Gasteiger partial charge on any atom is 0.227 e. The number of aryl methyl sites for hydroxylation is 1. The Morgan fingerprint density at radius 2 is 2.08 bits per heavy atom. The van der Waals surface area contributed by atoms with E-state index in [1.165, 1.54) is 37.0 Å². The van der Waals surface area contributed by atoms with Gasteiger partial charge in [0.25, 0.3) is 0 Å². The Hall–Kier alpha value is -0.750. The lowest BCUT2D eigenvalue weighted by Gasteiger charge is -2.21. The van der Waals surface area contributed by atoms with Gasteiger partial charge < -0.3 is 15.8 Å². The summed E-state index contributed by atoms with van der Waals surface area (Å²) in [4.78, 5) is 13.3. The minimum Gasteiger partial charge on any atom is -0.380 e. The van der Waals surface area contributed by atoms with Crippen molar-refractivity contribution in [2.45, 2.75) is 61.7 Å². The highest BCUT2D eigenvalue weighted by Gasteiger charge is 2.16. The number of benzene rings is 1. The minimum absolute atomic E-state index is 0. The lowest BCUT2D eigenvalue weighted by atomic mass is 10.0. The van der Waals surface area contributed by atoms with Gasteiger partial charge in [-0.15, -0.1) is 24.2 Å². The van der Waals surface area contributed by atoms with Gasteiger partial charge in [-0.3, -0.25) is 4.79 Å². The number of amides is 1. The number of hydrogen-bond donors (Lipinski definition) is 2. The molecule has 0 aromatic heterocycles. The smallest absolute Gasteiger partial charge is 0.227 e. The number of carbonyl (C=O) groups is 1. The summed E-state index contributed by atoms with van der Waals surface area (Å²) < 4.78 is 5.15. The van der Waals surface area contributed by atoms with Gasteiger partial charge in [0.2, 0.25) is 5.91 Å². The van der Waals surface area contributed by atoms with E-state index >= 15 is 0 Å². The molecule has 1 unspecified atom stereocenters. The van der Waals surface area contributed by atoms with Crippen molar-refractivity contribution in [1.82, 2.24) is 0 Å². The molecule has 1 amide bonds. The summed E-state index contributed by atoms with van der Waals surface area (Å²) in [7, 11) is 1.58. The maximum atomic E-state index is 12.0. The van der Waals surface area contributed by atoms with Gasteiger partial charge in [-0.25, -0.2) is 0 Å². The monoisotopic (exact) mass is 372 g/mol. The Labute approximate surface area is 155 Å². The Morgan fingerprint density at radius 3 is 2.67 bits per heavy atom. The predicted molar refractivity (Wildman–Crippen MR) is 104 cm³/mol. The summed E-state index contributed by atoms with van der Waals surface area (Å²) in [6, 6.07) is 6.28. The number of ether oxygens (including phenoxy) is 1. The molecule has 0 aliphatic heterocycles. The summed E-state index contributed by atoms with van der Waals surface area (Å²) >= 11 is 1.97. The largest absolute Gasteiger partial charge is 0.380 e. The topological polar surface area (TPSA) is 64.3 Å². The average molecular weight is 373 g/mol. The molecule has 0 saturated heterocycles. The Balaban J connectivity index is 0.00000288. The number of rotatable bonds is 7. The average Bonchev–Trinajstić information content (AvgIpc) is 2.56. The normalized spacial score (nSPS) is 16.3. The number of nitrogens with one attached hydrogen (secondary N) is 1. The molecular formula is C18H29ClN2O2S. The van der Waals surface area contributed by atoms with Crippen LogP contribution in [0.2, 0.25) is 0 Å². The first-order valence-corrected chi connectivity index (χ1v) is 9.30. The predicted octanol–water partition coefficient (Wildman–Crippen LogP) is 4.14. The van der Waals surface area contributed by atoms with E-state index in [1.54, 1.807) is 7.11 Å². The lowest BCUT2D eigenvalue weighted by molar-refractivity contribution is -0.118. The molecule has 1 aromatic carbocycles. The van der Waals surface area contributed by atoms with Gasteiger partial charge in [-0.05, 0) is 43.5 Å². The maximum absolute atomic E-state index is 12.0. The SMILES string of the molecule is COC(CN)CC(=O)Nc1ccc(SC2CCCCC2)cc1C.Cl. The second kappa shape index (κ2) is 11.0. The fourth-order valence-corrected chi connectivity index (χ4v) is 4.24. The summed E-state index contributed by atoms with van der Waals surface area (Å²) in [6.07, 6.45) is 6.78. The Morgan fingerprint density at radius 1 is 1.38 bits per heavy atom. The van der Waals surface area contributed by atoms with Gasteiger partial charge in [0, 0.05) is 29.5 Å². The van der Waals surface area contributed by atoms with Crippen LogP contribution in [0.25, 0.3) is 0 Å². The lowest BCUT2D eigenvalue weighted by Crippen LogP contribution is -2.28. The molecule has 1 fully saturated rings. The molecule has 1 aliphatic rings. The van der Waals surface area contributed by atoms with Gasteiger partial charge in [-0.1, -0.05) is 19.3 Å². The van der Waals surface area contributed by atoms with E-state index in [4.69, 9.17) is 10.5 Å². The molecule has 1 aliphatic carbocycles. The van der Waals surface area contributed by atoms with Crippen LogP contribution in [-0.4, -0.2) is 30.9 Å². The molecule has 1 saturated carbocycles. The highest BCUT2D eigenvalue weighted by atomic mass is 35.5. The Bertz CT molecular complexity index is 518. The van der Waals surface area contributed by atoms with Gasteiger partial charge >= 0.3 is 0 Å². The molecule has 0 radical (unpaired) electrons. The number of carbonyl (C=O) groups excluding carboxylic acids is 1. The fraction of sp³-hybridized carbons (Fsp3) is 0.611. The van der Waals surface area contributed by atoms with Crippen LogP contribution in [-0.2, 0) is 9.53 Å². The summed E-state index contributed by atoms with van der Waals surface area (Å²) in [6.45, 7) is 2.39. The molecule has 136 valence electrons. The van der Waals surface area contributed by atoms with Crippen LogP contribution in [0.5, 0.6) is 0 Å². The zero-order valence-electron chi connectivity index (χ0n) is 14.5. The highest BCUT2D eigenvalue weighted by Crippen LogP contribution is 2.34. The molecule has 4 nitrogen and oxygen atoms in total. The van der Waals surface area contributed by atoms with E-state index in [1.807, 2.05) is 24.8 Å². The van der Waals surface area contributed by atoms with Gasteiger partial charge in [-0.2, -0.15) is 0 Å². The quantitative estimate of drug-likeness (QED) is 0.754. The van der Waals surface area contributed by atoms with Crippen LogP contribution in [0, 0.1) is 6.92 Å². The molecule has 0 spiro atoms. The van der Waals surface area contributed by atoms with Crippen molar-refractivity contribution in [2.75, 3.05) is 19.0 Å². The van der Waals surface area contributed by atoms with E-state index < -0.39 is 0 Å². The summed E-state index contributed by atoms with van der Waals surface area (Å²) in [5.74, 6) is -0.0573. The third-order valence-electron chi connectivity index (χ3n) is 4.34. The molecule has 3 N–H and O–H groups in total. The molecular weight excluding hydrogens is 344 g/mol. The van der Waals surface area contributed by atoms with Crippen LogP contribution in [0.1, 0.15) is 44.1 Å². The number of methoxy groups -OCH3 is 1. The zero-order chi connectivity index (χ0) is 16.7.